The molecule has 2 aromatic heterocycles. The van der Waals surface area contributed by atoms with Crippen LogP contribution in [-0.2, 0) is 10.5 Å². The number of amides is 1. The van der Waals surface area contributed by atoms with Crippen molar-refractivity contribution in [1.82, 2.24) is 14.5 Å². The monoisotopic (exact) mass is 346 g/mol. The Balaban J connectivity index is 1.49. The number of hydrogen-bond acceptors (Lipinski definition) is 7. The van der Waals surface area contributed by atoms with E-state index in [0.717, 1.165) is 16.3 Å². The molecule has 1 amide bonds. The van der Waals surface area contributed by atoms with E-state index in [0.29, 0.717) is 23.2 Å². The summed E-state index contributed by atoms with van der Waals surface area (Å²) in [6.45, 7) is 1.74. The van der Waals surface area contributed by atoms with Crippen LogP contribution in [0.1, 0.15) is 11.7 Å². The van der Waals surface area contributed by atoms with Crippen LogP contribution in [0.2, 0.25) is 0 Å². The van der Waals surface area contributed by atoms with Crippen molar-refractivity contribution in [2.75, 3.05) is 11.1 Å². The Hall–Kier alpha value is -2.19. The maximum Gasteiger partial charge on any atom is 0.235 e. The van der Waals surface area contributed by atoms with Gasteiger partial charge < -0.3 is 9.84 Å². The van der Waals surface area contributed by atoms with E-state index in [9.17, 15) is 4.79 Å². The Labute approximate surface area is 141 Å². The molecule has 0 aliphatic heterocycles. The molecule has 3 aromatic rings. The van der Waals surface area contributed by atoms with Gasteiger partial charge in [0.2, 0.25) is 11.8 Å². The summed E-state index contributed by atoms with van der Waals surface area (Å²) in [5.74, 6) is 1.93. The Morgan fingerprint density at radius 2 is 2.17 bits per heavy atom. The summed E-state index contributed by atoms with van der Waals surface area (Å²) in [5.41, 5.74) is 1.90. The summed E-state index contributed by atoms with van der Waals surface area (Å²) in [6.07, 6.45) is 0. The average molecular weight is 346 g/mol. The van der Waals surface area contributed by atoms with Gasteiger partial charge in [0.15, 0.2) is 5.82 Å². The largest absolute Gasteiger partial charge is 0.340 e. The topological polar surface area (TPSA) is 80.9 Å². The van der Waals surface area contributed by atoms with Crippen LogP contribution in [0, 0.1) is 6.92 Å². The summed E-state index contributed by atoms with van der Waals surface area (Å²) in [7, 11) is 0. The van der Waals surface area contributed by atoms with E-state index in [2.05, 4.69) is 19.8 Å². The highest BCUT2D eigenvalue weighted by molar-refractivity contribution is 7.99. The number of aryl methyl sites for hydroxylation is 1. The van der Waals surface area contributed by atoms with Crippen molar-refractivity contribution in [2.24, 2.45) is 0 Å². The van der Waals surface area contributed by atoms with E-state index in [1.54, 1.807) is 6.92 Å². The number of carbonyl (C=O) groups is 1. The van der Waals surface area contributed by atoms with Crippen LogP contribution in [0.4, 0.5) is 5.00 Å². The Morgan fingerprint density at radius 3 is 2.91 bits per heavy atom. The van der Waals surface area contributed by atoms with Crippen molar-refractivity contribution in [3.8, 4) is 11.3 Å². The van der Waals surface area contributed by atoms with Crippen LogP contribution >= 0.6 is 23.3 Å². The van der Waals surface area contributed by atoms with Crippen molar-refractivity contribution < 1.29 is 9.32 Å². The van der Waals surface area contributed by atoms with Gasteiger partial charge >= 0.3 is 0 Å². The lowest BCUT2D eigenvalue weighted by Gasteiger charge is -2.00. The van der Waals surface area contributed by atoms with E-state index in [4.69, 9.17) is 4.52 Å². The lowest BCUT2D eigenvalue weighted by Crippen LogP contribution is -2.13. The van der Waals surface area contributed by atoms with E-state index < -0.39 is 0 Å². The van der Waals surface area contributed by atoms with Gasteiger partial charge in [0.05, 0.1) is 17.2 Å². The average Bonchev–Trinajstić information content (AvgIpc) is 3.17. The van der Waals surface area contributed by atoms with Crippen molar-refractivity contribution in [3.63, 3.8) is 0 Å². The molecular formula is C15H14N4O2S2. The summed E-state index contributed by atoms with van der Waals surface area (Å²) < 4.78 is 9.24. The third-order valence-electron chi connectivity index (χ3n) is 2.88. The second-order valence-corrected chi connectivity index (χ2v) is 6.50. The Kier molecular flexibility index (Phi) is 5.04. The predicted octanol–water partition coefficient (Wildman–Crippen LogP) is 3.37. The third-order valence-corrected chi connectivity index (χ3v) is 4.51. The summed E-state index contributed by atoms with van der Waals surface area (Å²) in [4.78, 5) is 16.0. The first-order valence-corrected chi connectivity index (χ1v) is 8.82. The number of rotatable bonds is 6. The van der Waals surface area contributed by atoms with Crippen molar-refractivity contribution >= 4 is 34.2 Å². The molecule has 3 rings (SSSR count). The number of anilines is 1. The number of thioether (sulfide) groups is 1. The molecule has 23 heavy (non-hydrogen) atoms. The lowest BCUT2D eigenvalue weighted by molar-refractivity contribution is -0.113. The number of hydrogen-bond donors (Lipinski definition) is 1. The van der Waals surface area contributed by atoms with E-state index >= 15 is 0 Å². The fourth-order valence-corrected chi connectivity index (χ4v) is 3.23. The van der Waals surface area contributed by atoms with Crippen LogP contribution in [0.25, 0.3) is 11.3 Å². The van der Waals surface area contributed by atoms with Gasteiger partial charge in [-0.25, -0.2) is 0 Å². The van der Waals surface area contributed by atoms with Crippen LogP contribution in [0.5, 0.6) is 0 Å². The van der Waals surface area contributed by atoms with Gasteiger partial charge in [0.25, 0.3) is 0 Å². The van der Waals surface area contributed by atoms with Gasteiger partial charge in [0.1, 0.15) is 5.00 Å². The minimum absolute atomic E-state index is 0.0709. The summed E-state index contributed by atoms with van der Waals surface area (Å²) in [6, 6.07) is 11.7. The third kappa shape index (κ3) is 4.40. The molecule has 0 bridgehead atoms. The first-order valence-electron chi connectivity index (χ1n) is 6.89. The molecular weight excluding hydrogens is 332 g/mol. The van der Waals surface area contributed by atoms with Crippen LogP contribution in [-0.4, -0.2) is 26.2 Å². The van der Waals surface area contributed by atoms with Crippen molar-refractivity contribution in [1.29, 1.82) is 0 Å². The number of nitrogens with one attached hydrogen (secondary N) is 1. The van der Waals surface area contributed by atoms with Gasteiger partial charge in [0, 0.05) is 18.6 Å². The van der Waals surface area contributed by atoms with Gasteiger partial charge in [-0.05, 0) is 11.5 Å². The molecule has 0 saturated carbocycles. The standard InChI is InChI=1S/C15H14N4O2S2/c1-10-16-13(18-21-10)8-22-9-14(20)17-15-7-12(19-23-15)11-5-3-2-4-6-11/h2-7H,8-9H2,1H3,(H,17,20). The maximum atomic E-state index is 11.9. The van der Waals surface area contributed by atoms with Gasteiger partial charge in [-0.1, -0.05) is 35.5 Å². The second kappa shape index (κ2) is 7.38. The zero-order valence-electron chi connectivity index (χ0n) is 12.4. The van der Waals surface area contributed by atoms with E-state index in [1.807, 2.05) is 36.4 Å². The van der Waals surface area contributed by atoms with E-state index in [1.165, 1.54) is 23.3 Å². The smallest absolute Gasteiger partial charge is 0.235 e. The molecule has 0 unspecified atom stereocenters. The molecule has 8 heteroatoms. The molecule has 1 N–H and O–H groups in total. The van der Waals surface area contributed by atoms with Crippen LogP contribution in [0.15, 0.2) is 40.9 Å². The van der Waals surface area contributed by atoms with Gasteiger partial charge in [-0.15, -0.1) is 11.8 Å². The molecule has 0 radical (unpaired) electrons. The van der Waals surface area contributed by atoms with Gasteiger partial charge in [-0.3, -0.25) is 4.79 Å². The first kappa shape index (κ1) is 15.7. The highest BCUT2D eigenvalue weighted by Gasteiger charge is 2.09. The Morgan fingerprint density at radius 1 is 1.35 bits per heavy atom. The second-order valence-electron chi connectivity index (χ2n) is 4.71. The minimum Gasteiger partial charge on any atom is -0.340 e. The van der Waals surface area contributed by atoms with E-state index in [-0.39, 0.29) is 5.91 Å². The molecule has 6 nitrogen and oxygen atoms in total. The van der Waals surface area contributed by atoms with Crippen molar-refractivity contribution in [3.05, 3.63) is 48.1 Å². The normalized spacial score (nSPS) is 10.7. The molecule has 0 fully saturated rings. The van der Waals surface area contributed by atoms with Crippen LogP contribution < -0.4 is 5.32 Å². The number of aromatic nitrogens is 3. The number of benzene rings is 1. The zero-order chi connectivity index (χ0) is 16.1. The highest BCUT2D eigenvalue weighted by atomic mass is 32.2. The summed E-state index contributed by atoms with van der Waals surface area (Å²) in [5, 5.41) is 7.38. The molecule has 2 heterocycles. The summed E-state index contributed by atoms with van der Waals surface area (Å²) >= 11 is 2.71. The van der Waals surface area contributed by atoms with Crippen LogP contribution in [0.3, 0.4) is 0 Å². The Bertz CT molecular complexity index is 786. The maximum absolute atomic E-state index is 11.9. The molecule has 0 spiro atoms. The molecule has 0 saturated heterocycles. The molecule has 1 aromatic carbocycles. The van der Waals surface area contributed by atoms with Gasteiger partial charge in [-0.2, -0.15) is 9.36 Å². The fraction of sp³-hybridized carbons (Fsp3) is 0.200. The predicted molar refractivity (Wildman–Crippen MR) is 91.4 cm³/mol. The first-order chi connectivity index (χ1) is 11.2. The fourth-order valence-electron chi connectivity index (χ4n) is 1.89. The van der Waals surface area contributed by atoms with Crippen molar-refractivity contribution in [2.45, 2.75) is 12.7 Å². The number of nitrogens with zero attached hydrogens (tertiary/aromatic N) is 3. The zero-order valence-corrected chi connectivity index (χ0v) is 14.0. The number of carbonyl (C=O) groups excluding carboxylic acids is 1. The molecule has 118 valence electrons. The molecule has 0 aliphatic carbocycles. The quantitative estimate of drug-likeness (QED) is 0.737. The molecule has 0 aliphatic rings. The highest BCUT2D eigenvalue weighted by Crippen LogP contribution is 2.25. The minimum atomic E-state index is -0.0709. The lowest BCUT2D eigenvalue weighted by atomic mass is 10.2. The molecule has 0 atom stereocenters. The SMILES string of the molecule is Cc1nc(CSCC(=O)Nc2cc(-c3ccccc3)ns2)no1.